The van der Waals surface area contributed by atoms with Crippen LogP contribution in [-0.2, 0) is 6.42 Å². The van der Waals surface area contributed by atoms with Crippen LogP contribution in [0.5, 0.6) is 0 Å². The zero-order valence-electron chi connectivity index (χ0n) is 10.2. The molecule has 1 heterocycles. The van der Waals surface area contributed by atoms with Crippen molar-refractivity contribution in [1.82, 2.24) is 4.98 Å². The summed E-state index contributed by atoms with van der Waals surface area (Å²) in [7, 11) is 2.13. The Kier molecular flexibility index (Phi) is 3.44. The van der Waals surface area contributed by atoms with Gasteiger partial charge < -0.3 is 10.6 Å². The highest BCUT2D eigenvalue weighted by molar-refractivity contribution is 5.46. The molecular weight excluding hydrogens is 198 g/mol. The Hall–Kier alpha value is -1.09. The van der Waals surface area contributed by atoms with E-state index in [1.54, 1.807) is 0 Å². The Balaban J connectivity index is 2.10. The summed E-state index contributed by atoms with van der Waals surface area (Å²) in [5, 5.41) is 0. The molecule has 3 heteroatoms. The van der Waals surface area contributed by atoms with E-state index in [9.17, 15) is 0 Å². The molecule has 0 aromatic carbocycles. The highest BCUT2D eigenvalue weighted by Crippen LogP contribution is 2.31. The standard InChI is InChI=1S/C13H21N3/c1-10(14)8-12-4-3-7-15-13(12)16(2)9-11-5-6-11/h3-4,7,10-11H,5-6,8-9,14H2,1-2H3. The van der Waals surface area contributed by atoms with Gasteiger partial charge in [-0.15, -0.1) is 0 Å². The zero-order chi connectivity index (χ0) is 11.5. The van der Waals surface area contributed by atoms with Crippen LogP contribution in [0.3, 0.4) is 0 Å². The van der Waals surface area contributed by atoms with Crippen LogP contribution in [0.2, 0.25) is 0 Å². The van der Waals surface area contributed by atoms with Crippen LogP contribution in [0.15, 0.2) is 18.3 Å². The first-order valence-corrected chi connectivity index (χ1v) is 6.07. The maximum atomic E-state index is 5.86. The fraction of sp³-hybridized carbons (Fsp3) is 0.615. The van der Waals surface area contributed by atoms with Gasteiger partial charge in [0.2, 0.25) is 0 Å². The van der Waals surface area contributed by atoms with E-state index in [1.807, 2.05) is 19.2 Å². The van der Waals surface area contributed by atoms with Crippen LogP contribution in [0, 0.1) is 5.92 Å². The molecule has 16 heavy (non-hydrogen) atoms. The molecular formula is C13H21N3. The number of hydrogen-bond acceptors (Lipinski definition) is 3. The van der Waals surface area contributed by atoms with E-state index in [4.69, 9.17) is 5.73 Å². The molecule has 0 bridgehead atoms. The van der Waals surface area contributed by atoms with Gasteiger partial charge in [-0.2, -0.15) is 0 Å². The largest absolute Gasteiger partial charge is 0.359 e. The molecule has 1 aromatic heterocycles. The maximum Gasteiger partial charge on any atom is 0.131 e. The first-order chi connectivity index (χ1) is 7.66. The Labute approximate surface area is 97.7 Å². The number of rotatable bonds is 5. The monoisotopic (exact) mass is 219 g/mol. The Morgan fingerprint density at radius 2 is 2.31 bits per heavy atom. The molecule has 0 saturated heterocycles. The van der Waals surface area contributed by atoms with Crippen LogP contribution in [0.1, 0.15) is 25.3 Å². The van der Waals surface area contributed by atoms with E-state index >= 15 is 0 Å². The van der Waals surface area contributed by atoms with Crippen LogP contribution < -0.4 is 10.6 Å². The maximum absolute atomic E-state index is 5.86. The molecule has 1 aliphatic carbocycles. The summed E-state index contributed by atoms with van der Waals surface area (Å²) >= 11 is 0. The second-order valence-electron chi connectivity index (χ2n) is 4.99. The molecule has 0 amide bonds. The van der Waals surface area contributed by atoms with Gasteiger partial charge in [0, 0.05) is 25.8 Å². The molecule has 1 saturated carbocycles. The molecule has 0 spiro atoms. The predicted molar refractivity (Wildman–Crippen MR) is 67.6 cm³/mol. The molecule has 1 aromatic rings. The van der Waals surface area contributed by atoms with Crippen molar-refractivity contribution in [2.24, 2.45) is 11.7 Å². The van der Waals surface area contributed by atoms with Gasteiger partial charge in [-0.1, -0.05) is 6.07 Å². The van der Waals surface area contributed by atoms with E-state index in [2.05, 4.69) is 23.0 Å². The van der Waals surface area contributed by atoms with Crippen molar-refractivity contribution in [3.63, 3.8) is 0 Å². The first-order valence-electron chi connectivity index (χ1n) is 6.07. The van der Waals surface area contributed by atoms with Gasteiger partial charge in [0.25, 0.3) is 0 Å². The van der Waals surface area contributed by atoms with Crippen molar-refractivity contribution in [1.29, 1.82) is 0 Å². The highest BCUT2D eigenvalue weighted by Gasteiger charge is 2.24. The van der Waals surface area contributed by atoms with Crippen molar-refractivity contribution in [2.75, 3.05) is 18.5 Å². The number of anilines is 1. The molecule has 1 unspecified atom stereocenters. The molecule has 2 N–H and O–H groups in total. The lowest BCUT2D eigenvalue weighted by Crippen LogP contribution is -2.25. The third kappa shape index (κ3) is 2.95. The third-order valence-corrected chi connectivity index (χ3v) is 3.00. The second kappa shape index (κ2) is 4.83. The van der Waals surface area contributed by atoms with Gasteiger partial charge in [-0.05, 0) is 43.7 Å². The lowest BCUT2D eigenvalue weighted by atomic mass is 10.1. The average Bonchev–Trinajstić information content (AvgIpc) is 3.01. The molecule has 1 atom stereocenters. The number of aromatic nitrogens is 1. The smallest absolute Gasteiger partial charge is 0.131 e. The normalized spacial score (nSPS) is 17.2. The van der Waals surface area contributed by atoms with Crippen molar-refractivity contribution in [2.45, 2.75) is 32.2 Å². The van der Waals surface area contributed by atoms with Crippen molar-refractivity contribution in [3.8, 4) is 0 Å². The molecule has 0 aliphatic heterocycles. The van der Waals surface area contributed by atoms with E-state index in [0.29, 0.717) is 0 Å². The van der Waals surface area contributed by atoms with E-state index in [-0.39, 0.29) is 6.04 Å². The Morgan fingerprint density at radius 1 is 1.56 bits per heavy atom. The number of nitrogens with two attached hydrogens (primary N) is 1. The third-order valence-electron chi connectivity index (χ3n) is 3.00. The summed E-state index contributed by atoms with van der Waals surface area (Å²) in [6, 6.07) is 4.32. The van der Waals surface area contributed by atoms with Gasteiger partial charge in [-0.25, -0.2) is 4.98 Å². The first kappa shape index (κ1) is 11.4. The predicted octanol–water partition coefficient (Wildman–Crippen LogP) is 1.82. The average molecular weight is 219 g/mol. The number of hydrogen-bond donors (Lipinski definition) is 1. The van der Waals surface area contributed by atoms with E-state index in [1.165, 1.54) is 18.4 Å². The molecule has 1 aliphatic rings. The lowest BCUT2D eigenvalue weighted by Gasteiger charge is -2.21. The van der Waals surface area contributed by atoms with Crippen molar-refractivity contribution >= 4 is 5.82 Å². The summed E-state index contributed by atoms with van der Waals surface area (Å²) in [6.45, 7) is 3.17. The van der Waals surface area contributed by atoms with Crippen molar-refractivity contribution < 1.29 is 0 Å². The minimum atomic E-state index is 0.192. The summed E-state index contributed by atoms with van der Waals surface area (Å²) in [4.78, 5) is 6.76. The molecule has 0 radical (unpaired) electrons. The van der Waals surface area contributed by atoms with Gasteiger partial charge in [0.1, 0.15) is 5.82 Å². The molecule has 2 rings (SSSR count). The van der Waals surface area contributed by atoms with E-state index in [0.717, 1.165) is 24.7 Å². The van der Waals surface area contributed by atoms with Crippen molar-refractivity contribution in [3.05, 3.63) is 23.9 Å². The second-order valence-corrected chi connectivity index (χ2v) is 4.99. The molecule has 88 valence electrons. The lowest BCUT2D eigenvalue weighted by molar-refractivity contribution is 0.722. The topological polar surface area (TPSA) is 42.1 Å². The van der Waals surface area contributed by atoms with Crippen LogP contribution >= 0.6 is 0 Å². The molecule has 1 fully saturated rings. The highest BCUT2D eigenvalue weighted by atomic mass is 15.2. The SMILES string of the molecule is CC(N)Cc1cccnc1N(C)CC1CC1. The zero-order valence-corrected chi connectivity index (χ0v) is 10.2. The Morgan fingerprint density at radius 3 is 2.94 bits per heavy atom. The summed E-state index contributed by atoms with van der Waals surface area (Å²) in [5.41, 5.74) is 7.13. The minimum absolute atomic E-state index is 0.192. The van der Waals surface area contributed by atoms with E-state index < -0.39 is 0 Å². The van der Waals surface area contributed by atoms with Gasteiger partial charge in [0.05, 0.1) is 0 Å². The van der Waals surface area contributed by atoms with Crippen LogP contribution in [0.4, 0.5) is 5.82 Å². The summed E-state index contributed by atoms with van der Waals surface area (Å²) < 4.78 is 0. The number of pyridine rings is 1. The molecule has 3 nitrogen and oxygen atoms in total. The van der Waals surface area contributed by atoms with Gasteiger partial charge in [0.15, 0.2) is 0 Å². The summed E-state index contributed by atoms with van der Waals surface area (Å²) in [5.74, 6) is 1.99. The van der Waals surface area contributed by atoms with Gasteiger partial charge >= 0.3 is 0 Å². The fourth-order valence-corrected chi connectivity index (χ4v) is 2.05. The summed E-state index contributed by atoms with van der Waals surface area (Å²) in [6.07, 6.45) is 5.52. The quantitative estimate of drug-likeness (QED) is 0.821. The number of nitrogens with zero attached hydrogens (tertiary/aromatic N) is 2. The minimum Gasteiger partial charge on any atom is -0.359 e. The van der Waals surface area contributed by atoms with Crippen LogP contribution in [0.25, 0.3) is 0 Å². The fourth-order valence-electron chi connectivity index (χ4n) is 2.05. The van der Waals surface area contributed by atoms with Crippen LogP contribution in [-0.4, -0.2) is 24.6 Å². The Bertz CT molecular complexity index is 345. The van der Waals surface area contributed by atoms with Gasteiger partial charge in [-0.3, -0.25) is 0 Å².